The summed E-state index contributed by atoms with van der Waals surface area (Å²) in [6, 6.07) is 11.0. The molecule has 2 aromatic carbocycles. The van der Waals surface area contributed by atoms with Crippen LogP contribution in [-0.2, 0) is 0 Å². The topological polar surface area (TPSA) is 50.4 Å². The minimum absolute atomic E-state index is 0.267. The van der Waals surface area contributed by atoms with Gasteiger partial charge in [-0.15, -0.1) is 11.8 Å². The SMILES string of the molecule is COc1cc(F)ccc1NC(=O)Nc1cccc(SC)c1. The van der Waals surface area contributed by atoms with Crippen LogP contribution in [0, 0.1) is 5.82 Å². The zero-order chi connectivity index (χ0) is 15.2. The van der Waals surface area contributed by atoms with E-state index >= 15 is 0 Å². The van der Waals surface area contributed by atoms with Crippen molar-refractivity contribution in [1.29, 1.82) is 0 Å². The molecule has 0 spiro atoms. The first-order valence-electron chi connectivity index (χ1n) is 6.18. The second-order valence-electron chi connectivity index (χ2n) is 4.16. The zero-order valence-electron chi connectivity index (χ0n) is 11.6. The Morgan fingerprint density at radius 3 is 2.71 bits per heavy atom. The number of halogens is 1. The van der Waals surface area contributed by atoms with E-state index in [1.807, 2.05) is 24.5 Å². The summed E-state index contributed by atoms with van der Waals surface area (Å²) in [7, 11) is 1.42. The molecule has 0 aromatic heterocycles. The lowest BCUT2D eigenvalue weighted by atomic mass is 10.3. The van der Waals surface area contributed by atoms with Crippen molar-refractivity contribution in [3.63, 3.8) is 0 Å². The van der Waals surface area contributed by atoms with Crippen molar-refractivity contribution >= 4 is 29.2 Å². The number of methoxy groups -OCH3 is 1. The molecule has 0 atom stereocenters. The van der Waals surface area contributed by atoms with Crippen molar-refractivity contribution in [3.05, 3.63) is 48.3 Å². The first-order valence-corrected chi connectivity index (χ1v) is 7.40. The number of amides is 2. The van der Waals surface area contributed by atoms with Gasteiger partial charge in [0, 0.05) is 16.6 Å². The second-order valence-corrected chi connectivity index (χ2v) is 5.04. The van der Waals surface area contributed by atoms with Gasteiger partial charge in [0.1, 0.15) is 11.6 Å². The molecule has 110 valence electrons. The van der Waals surface area contributed by atoms with E-state index in [1.54, 1.807) is 17.8 Å². The van der Waals surface area contributed by atoms with Crippen LogP contribution in [0.5, 0.6) is 5.75 Å². The van der Waals surface area contributed by atoms with Gasteiger partial charge in [-0.25, -0.2) is 9.18 Å². The number of carbonyl (C=O) groups is 1. The molecule has 2 amide bonds. The fraction of sp³-hybridized carbons (Fsp3) is 0.133. The standard InChI is InChI=1S/C15H15FN2O2S/c1-20-14-8-10(16)6-7-13(14)18-15(19)17-11-4-3-5-12(9-11)21-2/h3-9H,1-2H3,(H2,17,18,19). The van der Waals surface area contributed by atoms with Gasteiger partial charge in [0.25, 0.3) is 0 Å². The number of thioether (sulfide) groups is 1. The number of benzene rings is 2. The molecule has 0 saturated carbocycles. The van der Waals surface area contributed by atoms with Gasteiger partial charge >= 0.3 is 6.03 Å². The number of nitrogens with one attached hydrogen (secondary N) is 2. The summed E-state index contributed by atoms with van der Waals surface area (Å²) < 4.78 is 18.1. The smallest absolute Gasteiger partial charge is 0.323 e. The van der Waals surface area contributed by atoms with Crippen LogP contribution in [-0.4, -0.2) is 19.4 Å². The Bertz CT molecular complexity index is 649. The minimum Gasteiger partial charge on any atom is -0.494 e. The van der Waals surface area contributed by atoms with Gasteiger partial charge in [0.2, 0.25) is 0 Å². The van der Waals surface area contributed by atoms with Gasteiger partial charge in [-0.2, -0.15) is 0 Å². The molecule has 2 N–H and O–H groups in total. The predicted molar refractivity (Wildman–Crippen MR) is 83.8 cm³/mol. The maximum Gasteiger partial charge on any atom is 0.323 e. The monoisotopic (exact) mass is 306 g/mol. The summed E-state index contributed by atoms with van der Waals surface area (Å²) in [5.74, 6) is -0.159. The molecule has 0 aliphatic rings. The summed E-state index contributed by atoms with van der Waals surface area (Å²) in [4.78, 5) is 13.0. The van der Waals surface area contributed by atoms with Crippen LogP contribution in [0.2, 0.25) is 0 Å². The normalized spacial score (nSPS) is 10.0. The lowest BCUT2D eigenvalue weighted by molar-refractivity contribution is 0.262. The van der Waals surface area contributed by atoms with Crippen molar-refractivity contribution in [2.75, 3.05) is 24.0 Å². The summed E-state index contributed by atoms with van der Waals surface area (Å²) in [6.07, 6.45) is 1.96. The van der Waals surface area contributed by atoms with Crippen LogP contribution < -0.4 is 15.4 Å². The molecule has 0 heterocycles. The Kier molecular flexibility index (Phi) is 5.05. The van der Waals surface area contributed by atoms with E-state index < -0.39 is 11.8 Å². The van der Waals surface area contributed by atoms with E-state index in [0.29, 0.717) is 11.4 Å². The van der Waals surface area contributed by atoms with Crippen LogP contribution in [0.25, 0.3) is 0 Å². The van der Waals surface area contributed by atoms with Gasteiger partial charge < -0.3 is 15.4 Å². The lowest BCUT2D eigenvalue weighted by Gasteiger charge is -2.11. The van der Waals surface area contributed by atoms with Crippen molar-refractivity contribution in [3.8, 4) is 5.75 Å². The Morgan fingerprint density at radius 2 is 2.00 bits per heavy atom. The fourth-order valence-corrected chi connectivity index (χ4v) is 2.21. The molecular formula is C15H15FN2O2S. The zero-order valence-corrected chi connectivity index (χ0v) is 12.5. The summed E-state index contributed by atoms with van der Waals surface area (Å²) in [6.45, 7) is 0. The van der Waals surface area contributed by atoms with Gasteiger partial charge in [-0.1, -0.05) is 6.07 Å². The Morgan fingerprint density at radius 1 is 1.19 bits per heavy atom. The van der Waals surface area contributed by atoms with E-state index in [-0.39, 0.29) is 5.75 Å². The van der Waals surface area contributed by atoms with Crippen molar-refractivity contribution in [2.24, 2.45) is 0 Å². The summed E-state index contributed by atoms with van der Waals surface area (Å²) in [5.41, 5.74) is 1.08. The Balaban J connectivity index is 2.08. The third kappa shape index (κ3) is 4.13. The Hall–Kier alpha value is -2.21. The van der Waals surface area contributed by atoms with Crippen LogP contribution in [0.4, 0.5) is 20.6 Å². The van der Waals surface area contributed by atoms with Crippen LogP contribution in [0.3, 0.4) is 0 Å². The predicted octanol–water partition coefficient (Wildman–Crippen LogP) is 4.20. The fourth-order valence-electron chi connectivity index (χ4n) is 1.75. The number of carbonyl (C=O) groups excluding carboxylic acids is 1. The van der Waals surface area contributed by atoms with E-state index in [1.165, 1.54) is 25.3 Å². The molecule has 0 bridgehead atoms. The van der Waals surface area contributed by atoms with Gasteiger partial charge in [0.05, 0.1) is 12.8 Å². The molecule has 4 nitrogen and oxygen atoms in total. The van der Waals surface area contributed by atoms with E-state index in [0.717, 1.165) is 4.90 Å². The summed E-state index contributed by atoms with van der Waals surface area (Å²) >= 11 is 1.59. The van der Waals surface area contributed by atoms with E-state index in [9.17, 15) is 9.18 Å². The van der Waals surface area contributed by atoms with Crippen LogP contribution >= 0.6 is 11.8 Å². The number of rotatable bonds is 4. The Labute approximate surface area is 126 Å². The molecule has 0 fully saturated rings. The van der Waals surface area contributed by atoms with Crippen LogP contribution in [0.15, 0.2) is 47.4 Å². The highest BCUT2D eigenvalue weighted by molar-refractivity contribution is 7.98. The lowest BCUT2D eigenvalue weighted by Crippen LogP contribution is -2.19. The average Bonchev–Trinajstić information content (AvgIpc) is 2.49. The summed E-state index contributed by atoms with van der Waals surface area (Å²) in [5, 5.41) is 5.34. The number of urea groups is 1. The average molecular weight is 306 g/mol. The largest absolute Gasteiger partial charge is 0.494 e. The molecule has 2 rings (SSSR count). The first kappa shape index (κ1) is 15.2. The molecule has 0 unspecified atom stereocenters. The molecule has 0 aliphatic carbocycles. The molecule has 2 aromatic rings. The molecule has 21 heavy (non-hydrogen) atoms. The third-order valence-electron chi connectivity index (χ3n) is 2.74. The highest BCUT2D eigenvalue weighted by atomic mass is 32.2. The maximum atomic E-state index is 13.1. The van der Waals surface area contributed by atoms with Gasteiger partial charge in [-0.05, 0) is 36.6 Å². The number of hydrogen-bond donors (Lipinski definition) is 2. The molecular weight excluding hydrogens is 291 g/mol. The van der Waals surface area contributed by atoms with Crippen molar-refractivity contribution in [1.82, 2.24) is 0 Å². The molecule has 0 radical (unpaired) electrons. The van der Waals surface area contributed by atoms with Crippen LogP contribution in [0.1, 0.15) is 0 Å². The maximum absolute atomic E-state index is 13.1. The van der Waals surface area contributed by atoms with E-state index in [2.05, 4.69) is 10.6 Å². The molecule has 0 aliphatic heterocycles. The minimum atomic E-state index is -0.425. The molecule has 0 saturated heterocycles. The van der Waals surface area contributed by atoms with Crippen molar-refractivity contribution < 1.29 is 13.9 Å². The van der Waals surface area contributed by atoms with Gasteiger partial charge in [0.15, 0.2) is 0 Å². The van der Waals surface area contributed by atoms with E-state index in [4.69, 9.17) is 4.74 Å². The highest BCUT2D eigenvalue weighted by Crippen LogP contribution is 2.25. The number of anilines is 2. The van der Waals surface area contributed by atoms with Gasteiger partial charge in [-0.3, -0.25) is 0 Å². The number of hydrogen-bond acceptors (Lipinski definition) is 3. The molecule has 6 heteroatoms. The first-order chi connectivity index (χ1) is 10.1. The second kappa shape index (κ2) is 6.99. The van der Waals surface area contributed by atoms with Crippen molar-refractivity contribution in [2.45, 2.75) is 4.90 Å². The quantitative estimate of drug-likeness (QED) is 0.832. The third-order valence-corrected chi connectivity index (χ3v) is 3.46. The number of ether oxygens (including phenoxy) is 1. The highest BCUT2D eigenvalue weighted by Gasteiger charge is 2.09.